The van der Waals surface area contributed by atoms with Crippen LogP contribution in [0.1, 0.15) is 29.8 Å². The molecule has 0 bridgehead atoms. The maximum absolute atomic E-state index is 15.7. The van der Waals surface area contributed by atoms with E-state index in [0.717, 1.165) is 10.7 Å². The van der Waals surface area contributed by atoms with E-state index in [2.05, 4.69) is 10.1 Å². The SMILES string of the molecule is [2H]c1c([2H])c(-c2nc(N(C)c3c(C([2H])([2H])C([2H])([2H])[2H])nn4cc(F)c(N5CCN(CC(=O)N6CC(O)C6)CC5)cc34)sc2C#N)c([2H])c([2H])c1F. The number of hydrogen-bond donors (Lipinski definition) is 1. The van der Waals surface area contributed by atoms with Gasteiger partial charge in [-0.15, -0.1) is 0 Å². The van der Waals surface area contributed by atoms with Crippen molar-refractivity contribution in [2.45, 2.75) is 19.3 Å². The molecule has 10 nitrogen and oxygen atoms in total. The Kier molecular flexibility index (Phi) is 5.14. The summed E-state index contributed by atoms with van der Waals surface area (Å²) < 4.78 is 104. The minimum absolute atomic E-state index is 0.0703. The zero-order valence-electron chi connectivity index (χ0n) is 31.3. The van der Waals surface area contributed by atoms with Crippen LogP contribution in [0, 0.1) is 23.0 Å². The Morgan fingerprint density at radius 1 is 1.29 bits per heavy atom. The number of thiazole rings is 1. The van der Waals surface area contributed by atoms with Gasteiger partial charge in [-0.1, -0.05) is 18.2 Å². The van der Waals surface area contributed by atoms with Crippen LogP contribution in [0.25, 0.3) is 16.8 Å². The van der Waals surface area contributed by atoms with Gasteiger partial charge in [-0.2, -0.15) is 10.4 Å². The average molecular weight is 602 g/mol. The van der Waals surface area contributed by atoms with Crippen LogP contribution >= 0.6 is 11.3 Å². The summed E-state index contributed by atoms with van der Waals surface area (Å²) in [5, 5.41) is 23.5. The van der Waals surface area contributed by atoms with E-state index in [-0.39, 0.29) is 58.1 Å². The molecule has 5 heterocycles. The molecular formula is C29H30F2N8O2S. The third kappa shape index (κ3) is 5.17. The fraction of sp³-hybridized carbons (Fsp3) is 0.379. The summed E-state index contributed by atoms with van der Waals surface area (Å²) in [6.07, 6.45) is -2.61. The van der Waals surface area contributed by atoms with E-state index >= 15 is 4.39 Å². The Hall–Kier alpha value is -4.12. The number of β-amino-alcohol motifs (C(OH)–C–C–N with tert-alkyl or cyclic N) is 1. The third-order valence-corrected chi connectivity index (χ3v) is 8.29. The fourth-order valence-electron chi connectivity index (χ4n) is 5.01. The smallest absolute Gasteiger partial charge is 0.236 e. The summed E-state index contributed by atoms with van der Waals surface area (Å²) in [6.45, 7) is -1.09. The number of rotatable bonds is 7. The summed E-state index contributed by atoms with van der Waals surface area (Å²) in [4.78, 5) is 23.1. The molecule has 6 rings (SSSR count). The molecule has 0 atom stereocenters. The number of anilines is 3. The van der Waals surface area contributed by atoms with Crippen LogP contribution in [0.3, 0.4) is 0 Å². The number of hydrogen-bond acceptors (Lipinski definition) is 9. The van der Waals surface area contributed by atoms with Crippen molar-refractivity contribution in [1.29, 1.82) is 5.26 Å². The van der Waals surface area contributed by atoms with Crippen LogP contribution in [0.15, 0.2) is 36.4 Å². The van der Waals surface area contributed by atoms with Crippen molar-refractivity contribution in [3.8, 4) is 17.3 Å². The lowest BCUT2D eigenvalue weighted by Crippen LogP contribution is -2.57. The fourth-order valence-corrected chi connectivity index (χ4v) is 5.84. The molecule has 0 unspecified atom stereocenters. The molecule has 1 N–H and O–H groups in total. The maximum Gasteiger partial charge on any atom is 0.236 e. The molecule has 2 aliphatic rings. The van der Waals surface area contributed by atoms with Crippen molar-refractivity contribution in [2.75, 3.05) is 62.7 Å². The maximum atomic E-state index is 15.7. The number of nitrogens with zero attached hydrogens (tertiary/aromatic N) is 8. The van der Waals surface area contributed by atoms with Gasteiger partial charge in [0.25, 0.3) is 0 Å². The largest absolute Gasteiger partial charge is 0.389 e. The number of aliphatic hydroxyl groups is 1. The number of aromatic nitrogens is 3. The second-order valence-electron chi connectivity index (χ2n) is 9.91. The average Bonchev–Trinajstić information content (AvgIpc) is 3.66. The van der Waals surface area contributed by atoms with Crippen LogP contribution in [0.5, 0.6) is 0 Å². The van der Waals surface area contributed by atoms with Crippen molar-refractivity contribution < 1.29 is 31.0 Å². The number of likely N-dealkylation sites (tertiary alicyclic amines) is 1. The van der Waals surface area contributed by atoms with Crippen molar-refractivity contribution in [2.24, 2.45) is 0 Å². The van der Waals surface area contributed by atoms with Crippen LogP contribution in [0.2, 0.25) is 0 Å². The monoisotopic (exact) mass is 601 g/mol. The van der Waals surface area contributed by atoms with Gasteiger partial charge in [0.15, 0.2) is 10.9 Å². The zero-order chi connectivity index (χ0) is 37.3. The van der Waals surface area contributed by atoms with Gasteiger partial charge in [0.2, 0.25) is 5.91 Å². The summed E-state index contributed by atoms with van der Waals surface area (Å²) in [7, 11) is 1.38. The summed E-state index contributed by atoms with van der Waals surface area (Å²) >= 11 is 0.713. The second-order valence-corrected chi connectivity index (χ2v) is 10.9. The standard InChI is InChI=1S/C29H30F2N8O2S/c1-3-22-28(35(2)29-33-27(25(13-32)42-29)18-4-6-19(30)7-5-18)24-12-23(21(31)16-39(24)34-22)37-10-8-36(9-11-37)17-26(41)38-14-20(40)15-38/h4-7,12,16,20,40H,3,8-11,14-15,17H2,1-2H3/i1D3,3D2,4D,5D,6D,7D. The van der Waals surface area contributed by atoms with E-state index in [0.29, 0.717) is 37.5 Å². The molecule has 1 aromatic carbocycles. The number of carbonyl (C=O) groups is 1. The number of pyridine rings is 1. The lowest BCUT2D eigenvalue weighted by Gasteiger charge is -2.39. The predicted octanol–water partition coefficient (Wildman–Crippen LogP) is 3.26. The molecule has 2 aliphatic heterocycles. The third-order valence-electron chi connectivity index (χ3n) is 7.25. The number of fused-ring (bicyclic) bond motifs is 1. The highest BCUT2D eigenvalue weighted by atomic mass is 32.1. The van der Waals surface area contributed by atoms with E-state index in [9.17, 15) is 19.6 Å². The molecule has 2 saturated heterocycles. The predicted molar refractivity (Wildman–Crippen MR) is 156 cm³/mol. The first kappa shape index (κ1) is 19.1. The minimum atomic E-state index is -3.24. The molecule has 3 aromatic heterocycles. The van der Waals surface area contributed by atoms with Gasteiger partial charge in [-0.25, -0.2) is 18.3 Å². The van der Waals surface area contributed by atoms with E-state index < -0.39 is 66.4 Å². The molecule has 218 valence electrons. The second kappa shape index (κ2) is 11.3. The highest BCUT2D eigenvalue weighted by Crippen LogP contribution is 2.39. The van der Waals surface area contributed by atoms with Crippen LogP contribution in [-0.4, -0.2) is 94.4 Å². The van der Waals surface area contributed by atoms with Crippen molar-refractivity contribution in [3.05, 3.63) is 58.6 Å². The van der Waals surface area contributed by atoms with E-state index in [4.69, 9.17) is 12.3 Å². The Morgan fingerprint density at radius 3 is 2.69 bits per heavy atom. The molecule has 0 spiro atoms. The molecule has 4 aromatic rings. The highest BCUT2D eigenvalue weighted by Gasteiger charge is 2.31. The Bertz CT molecular complexity index is 2060. The van der Waals surface area contributed by atoms with Gasteiger partial charge in [0.1, 0.15) is 22.5 Å². The first-order valence-corrected chi connectivity index (χ1v) is 13.7. The van der Waals surface area contributed by atoms with Gasteiger partial charge in [0, 0.05) is 58.7 Å². The van der Waals surface area contributed by atoms with Gasteiger partial charge >= 0.3 is 0 Å². The topological polar surface area (TPSA) is 104 Å². The van der Waals surface area contributed by atoms with E-state index in [1.807, 2.05) is 11.0 Å². The van der Waals surface area contributed by atoms with Crippen molar-refractivity contribution >= 4 is 39.3 Å². The van der Waals surface area contributed by atoms with E-state index in [1.54, 1.807) is 9.80 Å². The lowest BCUT2D eigenvalue weighted by atomic mass is 10.1. The highest BCUT2D eigenvalue weighted by molar-refractivity contribution is 7.16. The number of halogens is 2. The molecule has 42 heavy (non-hydrogen) atoms. The normalized spacial score (nSPS) is 19.8. The van der Waals surface area contributed by atoms with Crippen LogP contribution in [-0.2, 0) is 11.2 Å². The zero-order valence-corrected chi connectivity index (χ0v) is 23.1. The summed E-state index contributed by atoms with van der Waals surface area (Å²) in [5.41, 5.74) is -1.30. The molecule has 2 fully saturated rings. The molecule has 0 saturated carbocycles. The van der Waals surface area contributed by atoms with Gasteiger partial charge in [-0.3, -0.25) is 9.69 Å². The number of carbonyl (C=O) groups excluding carboxylic acids is 1. The number of aliphatic hydroxyl groups excluding tert-OH is 1. The number of aryl methyl sites for hydroxylation is 1. The molecule has 0 aliphatic carbocycles. The number of benzene rings is 1. The van der Waals surface area contributed by atoms with Gasteiger partial charge in [0.05, 0.1) is 46.9 Å². The minimum Gasteiger partial charge on any atom is -0.389 e. The number of nitriles is 1. The quantitative estimate of drug-likeness (QED) is 0.344. The van der Waals surface area contributed by atoms with E-state index in [1.165, 1.54) is 18.0 Å². The van der Waals surface area contributed by atoms with Crippen molar-refractivity contribution in [3.63, 3.8) is 0 Å². The number of piperazine rings is 1. The van der Waals surface area contributed by atoms with Gasteiger partial charge in [-0.05, 0) is 36.6 Å². The van der Waals surface area contributed by atoms with Crippen molar-refractivity contribution in [1.82, 2.24) is 24.4 Å². The molecule has 0 radical (unpaired) electrons. The molecule has 13 heteroatoms. The van der Waals surface area contributed by atoms with Crippen LogP contribution in [0.4, 0.5) is 25.3 Å². The molecular weight excluding hydrogens is 562 g/mol. The summed E-state index contributed by atoms with van der Waals surface area (Å²) in [6, 6.07) is -0.209. The first-order chi connectivity index (χ1) is 23.8. The Balaban J connectivity index is 1.41. The first-order valence-electron chi connectivity index (χ1n) is 17.4. The Morgan fingerprint density at radius 2 is 2.02 bits per heavy atom. The van der Waals surface area contributed by atoms with Gasteiger partial charge < -0.3 is 19.8 Å². The Labute approximate surface area is 258 Å². The molecule has 1 amide bonds. The van der Waals surface area contributed by atoms with Crippen LogP contribution < -0.4 is 9.80 Å². The summed E-state index contributed by atoms with van der Waals surface area (Å²) in [5.74, 6) is -2.23. The number of amides is 1. The lowest BCUT2D eigenvalue weighted by molar-refractivity contribution is -0.142.